The third-order valence-corrected chi connectivity index (χ3v) is 5.14. The van der Waals surface area contributed by atoms with Crippen LogP contribution in [0, 0.1) is 5.41 Å². The molecule has 1 heterocycles. The first kappa shape index (κ1) is 17.7. The third-order valence-electron chi connectivity index (χ3n) is 5.14. The topological polar surface area (TPSA) is 55.4 Å². The van der Waals surface area contributed by atoms with Crippen molar-refractivity contribution < 1.29 is 14.3 Å². The van der Waals surface area contributed by atoms with Crippen molar-refractivity contribution in [2.75, 3.05) is 0 Å². The van der Waals surface area contributed by atoms with Gasteiger partial charge in [-0.3, -0.25) is 9.59 Å². The number of hydrogen-bond donors (Lipinski definition) is 1. The van der Waals surface area contributed by atoms with E-state index in [1.165, 1.54) is 0 Å². The fourth-order valence-corrected chi connectivity index (χ4v) is 3.74. The number of benzene rings is 1. The highest BCUT2D eigenvalue weighted by Gasteiger charge is 2.40. The SMILES string of the molecule is CC[C@H](C)Oc1ccc([C@@H]2CC(=O)NC3=C2C(=O)CC(C)(C)C3)cc1. The van der Waals surface area contributed by atoms with E-state index in [1.807, 2.05) is 31.2 Å². The molecule has 4 heteroatoms. The van der Waals surface area contributed by atoms with E-state index in [0.717, 1.165) is 35.4 Å². The fourth-order valence-electron chi connectivity index (χ4n) is 3.74. The molecule has 0 saturated heterocycles. The summed E-state index contributed by atoms with van der Waals surface area (Å²) in [5, 5.41) is 2.94. The Morgan fingerprint density at radius 3 is 2.52 bits per heavy atom. The predicted molar refractivity (Wildman–Crippen MR) is 97.4 cm³/mol. The summed E-state index contributed by atoms with van der Waals surface area (Å²) in [7, 11) is 0. The minimum atomic E-state index is -0.148. The van der Waals surface area contributed by atoms with E-state index in [4.69, 9.17) is 4.74 Å². The van der Waals surface area contributed by atoms with Crippen molar-refractivity contribution in [2.45, 2.75) is 65.4 Å². The van der Waals surface area contributed by atoms with Crippen LogP contribution in [-0.2, 0) is 9.59 Å². The van der Waals surface area contributed by atoms with Gasteiger partial charge in [0.05, 0.1) is 6.10 Å². The number of nitrogens with one attached hydrogen (secondary N) is 1. The van der Waals surface area contributed by atoms with Gasteiger partial charge >= 0.3 is 0 Å². The zero-order chi connectivity index (χ0) is 18.2. The normalized spacial score (nSPS) is 23.8. The Bertz CT molecular complexity index is 715. The molecule has 0 aromatic heterocycles. The van der Waals surface area contributed by atoms with Crippen LogP contribution in [0.25, 0.3) is 0 Å². The first-order chi connectivity index (χ1) is 11.8. The van der Waals surface area contributed by atoms with Gasteiger partial charge in [0, 0.05) is 30.0 Å². The van der Waals surface area contributed by atoms with Gasteiger partial charge in [0.2, 0.25) is 5.91 Å². The molecule has 0 fully saturated rings. The Balaban J connectivity index is 1.90. The van der Waals surface area contributed by atoms with Crippen molar-refractivity contribution in [3.8, 4) is 5.75 Å². The van der Waals surface area contributed by atoms with E-state index in [0.29, 0.717) is 12.8 Å². The van der Waals surface area contributed by atoms with Crippen LogP contribution in [0.3, 0.4) is 0 Å². The number of carbonyl (C=O) groups is 2. The average molecular weight is 341 g/mol. The van der Waals surface area contributed by atoms with E-state index in [-0.39, 0.29) is 29.1 Å². The number of allylic oxidation sites excluding steroid dienone is 2. The Labute approximate surface area is 149 Å². The molecule has 2 aliphatic rings. The quantitative estimate of drug-likeness (QED) is 0.896. The van der Waals surface area contributed by atoms with E-state index < -0.39 is 0 Å². The lowest BCUT2D eigenvalue weighted by atomic mass is 9.70. The maximum absolute atomic E-state index is 12.8. The summed E-state index contributed by atoms with van der Waals surface area (Å²) in [5.41, 5.74) is 2.53. The zero-order valence-corrected chi connectivity index (χ0v) is 15.5. The summed E-state index contributed by atoms with van der Waals surface area (Å²) in [6.45, 7) is 8.28. The number of ketones is 1. The first-order valence-corrected chi connectivity index (χ1v) is 9.12. The second-order valence-corrected chi connectivity index (χ2v) is 8.04. The molecular formula is C21H27NO3. The van der Waals surface area contributed by atoms with Crippen LogP contribution < -0.4 is 10.1 Å². The van der Waals surface area contributed by atoms with Crippen LogP contribution in [0.1, 0.15) is 64.9 Å². The van der Waals surface area contributed by atoms with Gasteiger partial charge in [-0.1, -0.05) is 32.9 Å². The largest absolute Gasteiger partial charge is 0.491 e. The Hall–Kier alpha value is -2.10. The monoisotopic (exact) mass is 341 g/mol. The van der Waals surface area contributed by atoms with Crippen molar-refractivity contribution in [3.05, 3.63) is 41.1 Å². The molecule has 4 nitrogen and oxygen atoms in total. The number of ether oxygens (including phenoxy) is 1. The van der Waals surface area contributed by atoms with E-state index in [9.17, 15) is 9.59 Å². The van der Waals surface area contributed by atoms with Gasteiger partial charge in [0.25, 0.3) is 0 Å². The minimum absolute atomic E-state index is 0.00539. The van der Waals surface area contributed by atoms with E-state index >= 15 is 0 Å². The molecule has 0 bridgehead atoms. The molecule has 1 aromatic rings. The number of hydrogen-bond acceptors (Lipinski definition) is 3. The molecule has 3 rings (SSSR count). The number of amides is 1. The van der Waals surface area contributed by atoms with E-state index in [2.05, 4.69) is 26.1 Å². The van der Waals surface area contributed by atoms with Crippen molar-refractivity contribution in [3.63, 3.8) is 0 Å². The van der Waals surface area contributed by atoms with Crippen molar-refractivity contribution >= 4 is 11.7 Å². The smallest absolute Gasteiger partial charge is 0.225 e. The standard InChI is InChI=1S/C21H27NO3/c1-5-13(2)25-15-8-6-14(7-9-15)16-10-19(24)22-17-11-21(3,4)12-18(23)20(16)17/h6-9,13,16H,5,10-12H2,1-4H3,(H,22,24)/t13-,16-/m0/s1. The summed E-state index contributed by atoms with van der Waals surface area (Å²) < 4.78 is 5.82. The lowest BCUT2D eigenvalue weighted by Crippen LogP contribution is -2.40. The minimum Gasteiger partial charge on any atom is -0.491 e. The number of rotatable bonds is 4. The molecule has 1 aliphatic carbocycles. The lowest BCUT2D eigenvalue weighted by Gasteiger charge is -2.37. The van der Waals surface area contributed by atoms with Crippen LogP contribution in [0.4, 0.5) is 0 Å². The van der Waals surface area contributed by atoms with Gasteiger partial charge in [-0.15, -0.1) is 0 Å². The summed E-state index contributed by atoms with van der Waals surface area (Å²) >= 11 is 0. The van der Waals surface area contributed by atoms with Crippen LogP contribution in [0.2, 0.25) is 0 Å². The third kappa shape index (κ3) is 3.78. The molecule has 25 heavy (non-hydrogen) atoms. The lowest BCUT2D eigenvalue weighted by molar-refractivity contribution is -0.122. The number of carbonyl (C=O) groups excluding carboxylic acids is 2. The van der Waals surface area contributed by atoms with E-state index in [1.54, 1.807) is 0 Å². The molecule has 2 atom stereocenters. The molecule has 1 aromatic carbocycles. The van der Waals surface area contributed by atoms with Crippen LogP contribution in [0.5, 0.6) is 5.75 Å². The number of Topliss-reactive ketones (excluding diaryl/α,β-unsaturated/α-hetero) is 1. The summed E-state index contributed by atoms with van der Waals surface area (Å²) in [6.07, 6.45) is 2.73. The van der Waals surface area contributed by atoms with Crippen molar-refractivity contribution in [2.24, 2.45) is 5.41 Å². The summed E-state index contributed by atoms with van der Waals surface area (Å²) in [4.78, 5) is 24.9. The first-order valence-electron chi connectivity index (χ1n) is 9.12. The molecule has 1 aliphatic heterocycles. The second-order valence-electron chi connectivity index (χ2n) is 8.04. The molecule has 1 amide bonds. The highest BCUT2D eigenvalue weighted by atomic mass is 16.5. The van der Waals surface area contributed by atoms with Gasteiger partial charge < -0.3 is 10.1 Å². The Morgan fingerprint density at radius 1 is 1.20 bits per heavy atom. The maximum Gasteiger partial charge on any atom is 0.225 e. The van der Waals surface area contributed by atoms with Crippen molar-refractivity contribution in [1.29, 1.82) is 0 Å². The van der Waals surface area contributed by atoms with Crippen LogP contribution >= 0.6 is 0 Å². The van der Waals surface area contributed by atoms with Gasteiger partial charge in [0.1, 0.15) is 5.75 Å². The van der Waals surface area contributed by atoms with Gasteiger partial charge in [-0.25, -0.2) is 0 Å². The highest BCUT2D eigenvalue weighted by Crippen LogP contribution is 2.44. The average Bonchev–Trinajstić information content (AvgIpc) is 2.53. The van der Waals surface area contributed by atoms with Crippen LogP contribution in [0.15, 0.2) is 35.5 Å². The van der Waals surface area contributed by atoms with Gasteiger partial charge in [0.15, 0.2) is 5.78 Å². The molecule has 0 saturated carbocycles. The van der Waals surface area contributed by atoms with Gasteiger partial charge in [-0.2, -0.15) is 0 Å². The van der Waals surface area contributed by atoms with Crippen LogP contribution in [-0.4, -0.2) is 17.8 Å². The Morgan fingerprint density at radius 2 is 1.88 bits per heavy atom. The zero-order valence-electron chi connectivity index (χ0n) is 15.5. The van der Waals surface area contributed by atoms with Crippen molar-refractivity contribution in [1.82, 2.24) is 5.32 Å². The molecule has 0 spiro atoms. The second kappa shape index (κ2) is 6.66. The Kier molecular flexibility index (Phi) is 4.72. The highest BCUT2D eigenvalue weighted by molar-refractivity contribution is 6.02. The molecule has 0 unspecified atom stereocenters. The maximum atomic E-state index is 12.8. The summed E-state index contributed by atoms with van der Waals surface area (Å²) in [6, 6.07) is 7.84. The predicted octanol–water partition coefficient (Wildman–Crippen LogP) is 4.11. The summed E-state index contributed by atoms with van der Waals surface area (Å²) in [5.74, 6) is 0.832. The molecule has 0 radical (unpaired) electrons. The molecule has 1 N–H and O–H groups in total. The fraction of sp³-hybridized carbons (Fsp3) is 0.524. The van der Waals surface area contributed by atoms with Gasteiger partial charge in [-0.05, 0) is 42.9 Å². The molecular weight excluding hydrogens is 314 g/mol. The molecule has 134 valence electrons.